The molecular formula is C43H52N8O7. The summed E-state index contributed by atoms with van der Waals surface area (Å²) in [5.74, 6) is 1.69. The number of nitrogens with zero attached hydrogens (tertiary/aromatic N) is 4. The van der Waals surface area contributed by atoms with Crippen LogP contribution in [0.4, 0.5) is 9.59 Å². The molecular weight excluding hydrogens is 741 g/mol. The van der Waals surface area contributed by atoms with Gasteiger partial charge < -0.3 is 44.3 Å². The molecule has 0 bridgehead atoms. The summed E-state index contributed by atoms with van der Waals surface area (Å²) in [5.41, 5.74) is 5.21. The molecule has 15 heteroatoms. The van der Waals surface area contributed by atoms with E-state index < -0.39 is 24.3 Å². The first-order valence-electron chi connectivity index (χ1n) is 20.0. The average molecular weight is 793 g/mol. The number of rotatable bonds is 12. The maximum atomic E-state index is 13.7. The van der Waals surface area contributed by atoms with Crippen LogP contribution in [0.1, 0.15) is 83.5 Å². The topological polar surface area (TPSA) is 188 Å². The first-order chi connectivity index (χ1) is 28.0. The van der Waals surface area contributed by atoms with Crippen molar-refractivity contribution in [3.8, 4) is 33.8 Å². The maximum absolute atomic E-state index is 13.7. The zero-order valence-corrected chi connectivity index (χ0v) is 33.8. The molecule has 2 aliphatic heterocycles. The van der Waals surface area contributed by atoms with Crippen LogP contribution >= 0.6 is 0 Å². The predicted molar refractivity (Wildman–Crippen MR) is 217 cm³/mol. The van der Waals surface area contributed by atoms with Crippen molar-refractivity contribution in [2.45, 2.75) is 84.0 Å². The van der Waals surface area contributed by atoms with E-state index in [1.807, 2.05) is 75.1 Å². The minimum atomic E-state index is -0.697. The molecule has 3 aromatic heterocycles. The number of carbonyl (C=O) groups is 4. The molecule has 4 amide bonds. The van der Waals surface area contributed by atoms with E-state index >= 15 is 0 Å². The molecule has 2 aromatic carbocycles. The Morgan fingerprint density at radius 1 is 0.759 bits per heavy atom. The second kappa shape index (κ2) is 17.2. The van der Waals surface area contributed by atoms with Gasteiger partial charge in [0, 0.05) is 29.6 Å². The van der Waals surface area contributed by atoms with Gasteiger partial charge in [0.1, 0.15) is 35.1 Å². The van der Waals surface area contributed by atoms with E-state index in [-0.39, 0.29) is 35.7 Å². The van der Waals surface area contributed by atoms with Gasteiger partial charge in [0.05, 0.1) is 50.1 Å². The van der Waals surface area contributed by atoms with E-state index in [9.17, 15) is 19.2 Å². The number of hydrogen-bond acceptors (Lipinski definition) is 9. The second-order valence-corrected chi connectivity index (χ2v) is 15.5. The molecule has 2 aliphatic rings. The summed E-state index contributed by atoms with van der Waals surface area (Å²) < 4.78 is 15.8. The monoisotopic (exact) mass is 792 g/mol. The average Bonchev–Trinajstić information content (AvgIpc) is 4.09. The molecule has 5 heterocycles. The summed E-state index contributed by atoms with van der Waals surface area (Å²) in [7, 11) is 2.58. The van der Waals surface area contributed by atoms with E-state index in [0.717, 1.165) is 76.9 Å². The van der Waals surface area contributed by atoms with Crippen LogP contribution in [0.3, 0.4) is 0 Å². The molecule has 0 radical (unpaired) electrons. The zero-order chi connectivity index (χ0) is 41.1. The molecule has 306 valence electrons. The number of alkyl carbamates (subject to hydrolysis) is 2. The molecule has 15 nitrogen and oxygen atoms in total. The first-order valence-corrected chi connectivity index (χ1v) is 20.0. The fourth-order valence-corrected chi connectivity index (χ4v) is 8.03. The number of hydrogen-bond donors (Lipinski definition) is 4. The van der Waals surface area contributed by atoms with Gasteiger partial charge in [-0.15, -0.1) is 0 Å². The third-order valence-electron chi connectivity index (χ3n) is 11.5. The quantitative estimate of drug-likeness (QED) is 0.100. The Hall–Kier alpha value is -6.12. The third kappa shape index (κ3) is 8.16. The van der Waals surface area contributed by atoms with Crippen LogP contribution in [0, 0.1) is 11.8 Å². The van der Waals surface area contributed by atoms with Gasteiger partial charge >= 0.3 is 12.2 Å². The highest BCUT2D eigenvalue weighted by Gasteiger charge is 2.39. The number of furan rings is 1. The highest BCUT2D eigenvalue weighted by atomic mass is 16.5. The molecule has 5 aromatic rings. The Bertz CT molecular complexity index is 2260. The van der Waals surface area contributed by atoms with E-state index in [0.29, 0.717) is 24.7 Å². The van der Waals surface area contributed by atoms with Crippen LogP contribution in [-0.4, -0.2) is 93.1 Å². The standard InChI is InChI=1S/C43H52N8O7/c1-7-25(4)37(49-43(55)57-6)41(53)51-19-9-11-33(51)39-45-23-31(47-39)28-16-17-34-29(20-28)21-35(58-34)27-14-12-26(13-15-27)30-22-44-38(46-30)32-10-8-18-50(32)40(52)36(24(2)3)48-42(54)56-5/h12-17,20-25,32-33,36-37H,7-11,18-19H2,1-6H3,(H,44,46)(H,45,47)(H,48,54)(H,49,55)/t25?,32-,33-,36-,37-/m0/s1. The van der Waals surface area contributed by atoms with Crippen molar-refractivity contribution in [2.24, 2.45) is 11.8 Å². The lowest BCUT2D eigenvalue weighted by Crippen LogP contribution is -2.51. The molecule has 0 aliphatic carbocycles. The smallest absolute Gasteiger partial charge is 0.407 e. The zero-order valence-electron chi connectivity index (χ0n) is 33.8. The number of H-pyrrole nitrogens is 2. The van der Waals surface area contributed by atoms with Crippen molar-refractivity contribution >= 4 is 35.0 Å². The van der Waals surface area contributed by atoms with Gasteiger partial charge in [-0.2, -0.15) is 0 Å². The number of ether oxygens (including phenoxy) is 2. The molecule has 7 rings (SSSR count). The number of aromatic amines is 2. The molecule has 2 saturated heterocycles. The largest absolute Gasteiger partial charge is 0.456 e. The van der Waals surface area contributed by atoms with Crippen LogP contribution < -0.4 is 10.6 Å². The molecule has 2 fully saturated rings. The Balaban J connectivity index is 1.03. The fourth-order valence-electron chi connectivity index (χ4n) is 8.03. The number of imidazole rings is 2. The number of carbonyl (C=O) groups excluding carboxylic acids is 4. The van der Waals surface area contributed by atoms with Gasteiger partial charge in [0.15, 0.2) is 0 Å². The van der Waals surface area contributed by atoms with Crippen molar-refractivity contribution in [2.75, 3.05) is 27.3 Å². The van der Waals surface area contributed by atoms with Crippen LogP contribution in [0.5, 0.6) is 0 Å². The summed E-state index contributed by atoms with van der Waals surface area (Å²) >= 11 is 0. The summed E-state index contributed by atoms with van der Waals surface area (Å²) in [4.78, 5) is 71.2. The minimum absolute atomic E-state index is 0.0642. The summed E-state index contributed by atoms with van der Waals surface area (Å²) in [6.45, 7) is 8.91. The number of likely N-dealkylation sites (tertiary alicyclic amines) is 2. The molecule has 1 unspecified atom stereocenters. The van der Waals surface area contributed by atoms with Gasteiger partial charge in [0.2, 0.25) is 11.8 Å². The Kier molecular flexibility index (Phi) is 11.9. The van der Waals surface area contributed by atoms with E-state index in [1.54, 1.807) is 17.3 Å². The van der Waals surface area contributed by atoms with E-state index in [1.165, 1.54) is 14.2 Å². The Morgan fingerprint density at radius 3 is 1.83 bits per heavy atom. The van der Waals surface area contributed by atoms with Crippen molar-refractivity contribution < 1.29 is 33.1 Å². The number of benzene rings is 2. The van der Waals surface area contributed by atoms with E-state index in [2.05, 4.69) is 31.7 Å². The first kappa shape index (κ1) is 40.1. The van der Waals surface area contributed by atoms with Gasteiger partial charge in [-0.3, -0.25) is 9.59 Å². The van der Waals surface area contributed by atoms with Crippen LogP contribution in [-0.2, 0) is 19.1 Å². The lowest BCUT2D eigenvalue weighted by Gasteiger charge is -2.30. The van der Waals surface area contributed by atoms with Crippen molar-refractivity contribution in [3.05, 3.63) is 72.6 Å². The third-order valence-corrected chi connectivity index (χ3v) is 11.5. The maximum Gasteiger partial charge on any atom is 0.407 e. The number of fused-ring (bicyclic) bond motifs is 1. The van der Waals surface area contributed by atoms with Gasteiger partial charge in [-0.1, -0.05) is 58.4 Å². The molecule has 0 saturated carbocycles. The number of nitrogens with one attached hydrogen (secondary N) is 4. The van der Waals surface area contributed by atoms with Crippen LogP contribution in [0.2, 0.25) is 0 Å². The van der Waals surface area contributed by atoms with Crippen molar-refractivity contribution in [1.29, 1.82) is 0 Å². The van der Waals surface area contributed by atoms with Gasteiger partial charge in [0.25, 0.3) is 0 Å². The second-order valence-electron chi connectivity index (χ2n) is 15.5. The highest BCUT2D eigenvalue weighted by molar-refractivity contribution is 5.88. The summed E-state index contributed by atoms with van der Waals surface area (Å²) in [5, 5.41) is 6.37. The van der Waals surface area contributed by atoms with Crippen molar-refractivity contribution in [3.63, 3.8) is 0 Å². The minimum Gasteiger partial charge on any atom is -0.456 e. The fraction of sp³-hybridized carbons (Fsp3) is 0.442. The normalized spacial score (nSPS) is 18.3. The van der Waals surface area contributed by atoms with E-state index in [4.69, 9.17) is 18.9 Å². The van der Waals surface area contributed by atoms with Crippen molar-refractivity contribution in [1.82, 2.24) is 40.4 Å². The Labute approximate surface area is 337 Å². The number of methoxy groups -OCH3 is 2. The van der Waals surface area contributed by atoms with Crippen LogP contribution in [0.25, 0.3) is 44.8 Å². The van der Waals surface area contributed by atoms with Gasteiger partial charge in [-0.25, -0.2) is 19.6 Å². The lowest BCUT2D eigenvalue weighted by molar-refractivity contribution is -0.136. The summed E-state index contributed by atoms with van der Waals surface area (Å²) in [6, 6.07) is 14.2. The molecule has 58 heavy (non-hydrogen) atoms. The molecule has 4 N–H and O–H groups in total. The SMILES string of the molecule is CCC(C)[C@H](NC(=O)OC)C(=O)N1CCC[C@H]1c1ncc(-c2ccc3oc(-c4ccc(-c5cnc([C@@H]6CCCN6C(=O)[C@@H](NC(=O)OC)C(C)C)[nH]5)cc4)cc3c2)[nH]1. The Morgan fingerprint density at radius 2 is 1.28 bits per heavy atom. The molecule has 5 atom stereocenters. The highest BCUT2D eigenvalue weighted by Crippen LogP contribution is 2.36. The van der Waals surface area contributed by atoms with Gasteiger partial charge in [-0.05, 0) is 67.3 Å². The number of amides is 4. The summed E-state index contributed by atoms with van der Waals surface area (Å²) in [6.07, 6.45) is 6.28. The number of aromatic nitrogens is 4. The lowest BCUT2D eigenvalue weighted by atomic mass is 9.97. The predicted octanol–water partition coefficient (Wildman–Crippen LogP) is 7.36. The van der Waals surface area contributed by atoms with Crippen LogP contribution in [0.15, 0.2) is 65.3 Å². The molecule has 0 spiro atoms.